The molecule has 1 radical (unpaired) electrons. The number of nitrogens with one attached hydrogen (secondary N) is 1. The molecule has 0 bridgehead atoms. The van der Waals surface area contributed by atoms with E-state index in [9.17, 15) is 4.79 Å². The van der Waals surface area contributed by atoms with Gasteiger partial charge in [0.25, 0.3) is 0 Å². The Hall–Kier alpha value is -1.99. The number of hydrogen-bond donors (Lipinski definition) is 1. The van der Waals surface area contributed by atoms with Crippen LogP contribution in [0.15, 0.2) is 48.5 Å². The minimum absolute atomic E-state index is 0. The molecule has 161 valence electrons. The Labute approximate surface area is 206 Å². The number of rotatable bonds is 10. The predicted molar refractivity (Wildman–Crippen MR) is 125 cm³/mol. The molecule has 2 aromatic rings. The first-order chi connectivity index (χ1) is 14.6. The van der Waals surface area contributed by atoms with E-state index in [0.29, 0.717) is 30.4 Å². The van der Waals surface area contributed by atoms with Crippen molar-refractivity contribution in [1.29, 1.82) is 0 Å². The van der Waals surface area contributed by atoms with Crippen molar-refractivity contribution >= 4 is 47.2 Å². The van der Waals surface area contributed by atoms with Crippen LogP contribution >= 0.6 is 0 Å². The topological polar surface area (TPSA) is 60.0 Å². The van der Waals surface area contributed by atoms with E-state index in [1.807, 2.05) is 36.4 Å². The van der Waals surface area contributed by atoms with E-state index in [4.69, 9.17) is 14.2 Å². The molecular formula is C24H30N2NaO4. The minimum atomic E-state index is -0.226. The quantitative estimate of drug-likeness (QED) is 0.351. The Morgan fingerprint density at radius 1 is 1.06 bits per heavy atom. The van der Waals surface area contributed by atoms with E-state index in [0.717, 1.165) is 37.3 Å². The van der Waals surface area contributed by atoms with Gasteiger partial charge in [0.2, 0.25) is 5.91 Å². The van der Waals surface area contributed by atoms with E-state index in [1.54, 1.807) is 12.1 Å². The largest absolute Gasteiger partial charge is 0.494 e. The van der Waals surface area contributed by atoms with Crippen LogP contribution < -0.4 is 19.5 Å². The van der Waals surface area contributed by atoms with Gasteiger partial charge in [-0.05, 0) is 75.8 Å². The Balaban J connectivity index is 0.00000341. The Morgan fingerprint density at radius 2 is 1.84 bits per heavy atom. The van der Waals surface area contributed by atoms with Crippen LogP contribution in [0.4, 0.5) is 5.69 Å². The van der Waals surface area contributed by atoms with Crippen molar-refractivity contribution in [2.24, 2.45) is 0 Å². The Bertz CT molecular complexity index is 853. The number of amides is 1. The molecular weight excluding hydrogens is 403 g/mol. The predicted octanol–water partition coefficient (Wildman–Crippen LogP) is 3.84. The zero-order valence-electron chi connectivity index (χ0n) is 18.7. The van der Waals surface area contributed by atoms with Crippen LogP contribution in [-0.4, -0.2) is 80.8 Å². The summed E-state index contributed by atoms with van der Waals surface area (Å²) in [6.45, 7) is 2.82. The second-order valence-corrected chi connectivity index (χ2v) is 7.43. The molecule has 7 heteroatoms. The summed E-state index contributed by atoms with van der Waals surface area (Å²) in [5.41, 5.74) is 1.54. The van der Waals surface area contributed by atoms with Gasteiger partial charge in [-0.2, -0.15) is 0 Å². The van der Waals surface area contributed by atoms with Gasteiger partial charge in [-0.25, -0.2) is 0 Å². The maximum Gasteiger partial charge on any atom is 0.248 e. The van der Waals surface area contributed by atoms with Crippen molar-refractivity contribution < 1.29 is 19.0 Å². The Kier molecular flexibility index (Phi) is 10.9. The van der Waals surface area contributed by atoms with E-state index in [1.165, 1.54) is 12.5 Å². The van der Waals surface area contributed by atoms with Crippen molar-refractivity contribution in [3.63, 3.8) is 0 Å². The summed E-state index contributed by atoms with van der Waals surface area (Å²) in [7, 11) is 4.18. The second-order valence-electron chi connectivity index (χ2n) is 7.43. The summed E-state index contributed by atoms with van der Waals surface area (Å²) >= 11 is 0. The third kappa shape index (κ3) is 8.57. The van der Waals surface area contributed by atoms with Crippen LogP contribution in [0.3, 0.4) is 0 Å². The number of para-hydroxylation sites is 1. The second kappa shape index (κ2) is 13.4. The summed E-state index contributed by atoms with van der Waals surface area (Å²) in [4.78, 5) is 14.5. The summed E-state index contributed by atoms with van der Waals surface area (Å²) in [6, 6.07) is 13.2. The molecule has 0 fully saturated rings. The third-order valence-corrected chi connectivity index (χ3v) is 4.65. The molecule has 0 spiro atoms. The molecule has 0 aromatic heterocycles. The van der Waals surface area contributed by atoms with Crippen molar-refractivity contribution in [3.8, 4) is 17.2 Å². The number of unbranched alkanes of at least 4 members (excludes halogenated alkanes) is 2. The molecule has 1 aliphatic rings. The van der Waals surface area contributed by atoms with Crippen molar-refractivity contribution in [2.45, 2.75) is 19.3 Å². The van der Waals surface area contributed by atoms with E-state index in [2.05, 4.69) is 24.3 Å². The molecule has 1 aliphatic heterocycles. The number of fused-ring (bicyclic) bond motifs is 1. The maximum atomic E-state index is 12.3. The molecule has 0 saturated heterocycles. The van der Waals surface area contributed by atoms with Gasteiger partial charge >= 0.3 is 0 Å². The zero-order chi connectivity index (χ0) is 21.2. The van der Waals surface area contributed by atoms with Gasteiger partial charge < -0.3 is 24.4 Å². The molecule has 3 rings (SSSR count). The summed E-state index contributed by atoms with van der Waals surface area (Å²) in [6.07, 6.45) is 6.67. The Morgan fingerprint density at radius 3 is 2.61 bits per heavy atom. The molecule has 0 atom stereocenters. The first-order valence-corrected chi connectivity index (χ1v) is 10.4. The van der Waals surface area contributed by atoms with Crippen LogP contribution in [0.5, 0.6) is 17.2 Å². The van der Waals surface area contributed by atoms with Crippen molar-refractivity contribution in [2.75, 3.05) is 45.8 Å². The number of carbonyl (C=O) groups is 1. The average Bonchev–Trinajstić information content (AvgIpc) is 2.75. The first-order valence-electron chi connectivity index (χ1n) is 10.4. The fourth-order valence-electron chi connectivity index (χ4n) is 3.09. The normalized spacial score (nSPS) is 12.5. The van der Waals surface area contributed by atoms with Crippen LogP contribution in [-0.2, 0) is 4.79 Å². The van der Waals surface area contributed by atoms with Gasteiger partial charge in [-0.1, -0.05) is 18.2 Å². The average molecular weight is 434 g/mol. The molecule has 0 aliphatic carbocycles. The van der Waals surface area contributed by atoms with Gasteiger partial charge in [0, 0.05) is 35.6 Å². The molecule has 6 nitrogen and oxygen atoms in total. The van der Waals surface area contributed by atoms with Crippen molar-refractivity contribution in [3.05, 3.63) is 54.1 Å². The van der Waals surface area contributed by atoms with Gasteiger partial charge in [-0.3, -0.25) is 4.79 Å². The number of carbonyl (C=O) groups excluding carboxylic acids is 1. The smallest absolute Gasteiger partial charge is 0.248 e. The van der Waals surface area contributed by atoms with Crippen LogP contribution in [0.1, 0.15) is 24.8 Å². The van der Waals surface area contributed by atoms with Crippen LogP contribution in [0, 0.1) is 0 Å². The van der Waals surface area contributed by atoms with E-state index in [-0.39, 0.29) is 35.5 Å². The fourth-order valence-corrected chi connectivity index (χ4v) is 3.09. The third-order valence-electron chi connectivity index (χ3n) is 4.65. The van der Waals surface area contributed by atoms with Crippen LogP contribution in [0.2, 0.25) is 0 Å². The monoisotopic (exact) mass is 433 g/mol. The molecule has 0 unspecified atom stereocenters. The zero-order valence-corrected chi connectivity index (χ0v) is 20.7. The molecule has 0 saturated carbocycles. The number of anilines is 1. The van der Waals surface area contributed by atoms with E-state index < -0.39 is 0 Å². The minimum Gasteiger partial charge on any atom is -0.494 e. The first kappa shape index (κ1) is 25.3. The fraction of sp³-hybridized carbons (Fsp3) is 0.375. The van der Waals surface area contributed by atoms with Crippen LogP contribution in [0.25, 0.3) is 6.08 Å². The number of nitrogens with zero attached hydrogens (tertiary/aromatic N) is 1. The number of ether oxygens (including phenoxy) is 3. The van der Waals surface area contributed by atoms with Gasteiger partial charge in [-0.15, -0.1) is 0 Å². The summed E-state index contributed by atoms with van der Waals surface area (Å²) < 4.78 is 16.9. The van der Waals surface area contributed by atoms with Gasteiger partial charge in [0.1, 0.15) is 19.0 Å². The molecule has 31 heavy (non-hydrogen) atoms. The van der Waals surface area contributed by atoms with Gasteiger partial charge in [0.15, 0.2) is 11.5 Å². The maximum absolute atomic E-state index is 12.3. The standard InChI is InChI=1S/C24H30N2O4.Na/c1-26(2)15-4-3-5-16-28-20-12-9-19(10-13-20)11-14-23(27)25-21-7-6-8-22-24(21)30-18-17-29-22;/h6-14H,3-5,15-18H2,1-2H3,(H,25,27);. The van der Waals surface area contributed by atoms with E-state index >= 15 is 0 Å². The van der Waals surface area contributed by atoms with Crippen molar-refractivity contribution in [1.82, 2.24) is 4.90 Å². The molecule has 1 amide bonds. The molecule has 1 heterocycles. The molecule has 1 N–H and O–H groups in total. The number of hydrogen-bond acceptors (Lipinski definition) is 5. The summed E-state index contributed by atoms with van der Waals surface area (Å²) in [5, 5.41) is 2.84. The molecule has 2 aromatic carbocycles. The summed E-state index contributed by atoms with van der Waals surface area (Å²) in [5.74, 6) is 1.85. The van der Waals surface area contributed by atoms with Gasteiger partial charge in [0.05, 0.1) is 12.3 Å². The number of benzene rings is 2. The SMILES string of the molecule is CN(C)CCCCCOc1ccc(C=CC(=O)Nc2cccc3c2OCCO3)cc1.[Na].